The van der Waals surface area contributed by atoms with Crippen molar-refractivity contribution >= 4 is 21.7 Å². The van der Waals surface area contributed by atoms with Crippen LogP contribution in [-0.2, 0) is 0 Å². The second-order valence-electron chi connectivity index (χ2n) is 3.67. The molecule has 0 amide bonds. The highest BCUT2D eigenvalue weighted by Gasteiger charge is 2.17. The van der Waals surface area contributed by atoms with Crippen molar-refractivity contribution < 1.29 is 15.0 Å². The van der Waals surface area contributed by atoms with Crippen molar-refractivity contribution in [3.8, 4) is 0 Å². The first-order valence-corrected chi connectivity index (χ1v) is 6.21. The Morgan fingerprint density at radius 1 is 1.31 bits per heavy atom. The predicted octanol–water partition coefficient (Wildman–Crippen LogP) is 2.07. The van der Waals surface area contributed by atoms with E-state index >= 15 is 0 Å². The molecule has 1 aromatic rings. The highest BCUT2D eigenvalue weighted by molar-refractivity contribution is 9.09. The maximum Gasteiger partial charge on any atom is 0.159 e. The fraction of sp³-hybridized carbons (Fsp3) is 0.417. The minimum atomic E-state index is -0.904. The maximum atomic E-state index is 11.0. The van der Waals surface area contributed by atoms with E-state index in [4.69, 9.17) is 0 Å². The molecule has 2 N–H and O–H groups in total. The van der Waals surface area contributed by atoms with Crippen LogP contribution in [-0.4, -0.2) is 27.4 Å². The number of carbonyl (C=O) groups excluding carboxylic acids is 1. The molecule has 0 aliphatic rings. The van der Waals surface area contributed by atoms with Gasteiger partial charge in [-0.05, 0) is 18.9 Å². The van der Waals surface area contributed by atoms with Crippen molar-refractivity contribution in [2.45, 2.75) is 25.6 Å². The number of aliphatic hydroxyl groups excluding tert-OH is 2. The Bertz CT molecular complexity index is 348. The van der Waals surface area contributed by atoms with Gasteiger partial charge in [0.25, 0.3) is 0 Å². The molecule has 4 heteroatoms. The van der Waals surface area contributed by atoms with Crippen LogP contribution in [0.2, 0.25) is 0 Å². The first-order valence-electron chi connectivity index (χ1n) is 5.09. The summed E-state index contributed by atoms with van der Waals surface area (Å²) in [6, 6.07) is 6.64. The normalized spacial score (nSPS) is 14.5. The Kier molecular flexibility index (Phi) is 5.12. The molecule has 0 aliphatic carbocycles. The second-order valence-corrected chi connectivity index (χ2v) is 4.46. The van der Waals surface area contributed by atoms with Gasteiger partial charge < -0.3 is 10.2 Å². The molecule has 1 rings (SSSR count). The van der Waals surface area contributed by atoms with Crippen LogP contribution in [0.1, 0.15) is 35.4 Å². The van der Waals surface area contributed by atoms with E-state index < -0.39 is 12.2 Å². The fourth-order valence-electron chi connectivity index (χ4n) is 1.41. The van der Waals surface area contributed by atoms with Gasteiger partial charge in [0, 0.05) is 10.9 Å². The van der Waals surface area contributed by atoms with Crippen LogP contribution < -0.4 is 0 Å². The van der Waals surface area contributed by atoms with Crippen LogP contribution in [0.3, 0.4) is 0 Å². The van der Waals surface area contributed by atoms with Gasteiger partial charge >= 0.3 is 0 Å². The van der Waals surface area contributed by atoms with Gasteiger partial charge in [0.2, 0.25) is 0 Å². The summed E-state index contributed by atoms with van der Waals surface area (Å²) in [6.07, 6.45) is -1.21. The summed E-state index contributed by atoms with van der Waals surface area (Å²) in [6.45, 7) is 1.49. The molecule has 0 fully saturated rings. The van der Waals surface area contributed by atoms with Gasteiger partial charge in [0.1, 0.15) is 6.10 Å². The van der Waals surface area contributed by atoms with Crippen LogP contribution in [0.5, 0.6) is 0 Å². The van der Waals surface area contributed by atoms with E-state index in [1.165, 1.54) is 6.92 Å². The lowest BCUT2D eigenvalue weighted by Gasteiger charge is -2.17. The van der Waals surface area contributed by atoms with Crippen molar-refractivity contribution in [2.24, 2.45) is 0 Å². The molecular formula is C12H15BrO3. The van der Waals surface area contributed by atoms with Crippen molar-refractivity contribution in [2.75, 3.05) is 5.33 Å². The molecule has 3 nitrogen and oxygen atoms in total. The molecule has 0 aromatic heterocycles. The van der Waals surface area contributed by atoms with Crippen molar-refractivity contribution in [1.82, 2.24) is 0 Å². The van der Waals surface area contributed by atoms with Gasteiger partial charge in [0.05, 0.1) is 6.10 Å². The second kappa shape index (κ2) is 6.13. The molecule has 0 saturated heterocycles. The smallest absolute Gasteiger partial charge is 0.159 e. The summed E-state index contributed by atoms with van der Waals surface area (Å²) >= 11 is 3.21. The third-order valence-corrected chi connectivity index (χ3v) is 2.89. The first kappa shape index (κ1) is 13.4. The molecular weight excluding hydrogens is 272 g/mol. The number of aliphatic hydroxyl groups is 2. The molecule has 0 saturated carbocycles. The summed E-state index contributed by atoms with van der Waals surface area (Å²) in [7, 11) is 0. The molecule has 2 atom stereocenters. The Labute approximate surface area is 103 Å². The summed E-state index contributed by atoms with van der Waals surface area (Å²) < 4.78 is 0. The maximum absolute atomic E-state index is 11.0. The third-order valence-electron chi connectivity index (χ3n) is 2.43. The molecule has 0 radical (unpaired) electrons. The highest BCUT2D eigenvalue weighted by atomic mass is 79.9. The Hall–Kier alpha value is -0.710. The molecule has 0 bridgehead atoms. The van der Waals surface area contributed by atoms with E-state index in [1.54, 1.807) is 24.3 Å². The van der Waals surface area contributed by atoms with Gasteiger partial charge in [-0.25, -0.2) is 0 Å². The van der Waals surface area contributed by atoms with E-state index in [1.807, 2.05) is 0 Å². The predicted molar refractivity (Wildman–Crippen MR) is 65.8 cm³/mol. The van der Waals surface area contributed by atoms with Gasteiger partial charge in [-0.2, -0.15) is 0 Å². The number of carbonyl (C=O) groups is 1. The van der Waals surface area contributed by atoms with E-state index in [0.29, 0.717) is 22.9 Å². The largest absolute Gasteiger partial charge is 0.390 e. The summed E-state index contributed by atoms with van der Waals surface area (Å²) in [5.74, 6) is -0.0120. The van der Waals surface area contributed by atoms with Crippen LogP contribution in [0.4, 0.5) is 0 Å². The van der Waals surface area contributed by atoms with Crippen LogP contribution in [0.15, 0.2) is 24.3 Å². The minimum absolute atomic E-state index is 0.0120. The van der Waals surface area contributed by atoms with Crippen LogP contribution in [0.25, 0.3) is 0 Å². The molecule has 2 unspecified atom stereocenters. The lowest BCUT2D eigenvalue weighted by atomic mass is 10.0. The topological polar surface area (TPSA) is 57.5 Å². The lowest BCUT2D eigenvalue weighted by Crippen LogP contribution is -2.18. The average Bonchev–Trinajstić information content (AvgIpc) is 2.28. The molecule has 0 spiro atoms. The molecule has 1 aromatic carbocycles. The van der Waals surface area contributed by atoms with Crippen molar-refractivity contribution in [3.63, 3.8) is 0 Å². The monoisotopic (exact) mass is 286 g/mol. The van der Waals surface area contributed by atoms with Crippen LogP contribution in [0, 0.1) is 0 Å². The SMILES string of the molecule is CC(=O)c1ccc(C(O)C(O)CCBr)cc1. The van der Waals surface area contributed by atoms with Crippen molar-refractivity contribution in [1.29, 1.82) is 0 Å². The summed E-state index contributed by atoms with van der Waals surface area (Å²) in [5.41, 5.74) is 1.23. The first-order chi connectivity index (χ1) is 7.56. The molecule has 88 valence electrons. The quantitative estimate of drug-likeness (QED) is 0.644. The van der Waals surface area contributed by atoms with E-state index in [-0.39, 0.29) is 5.78 Å². The van der Waals surface area contributed by atoms with Crippen LogP contribution >= 0.6 is 15.9 Å². The van der Waals surface area contributed by atoms with Crippen molar-refractivity contribution in [3.05, 3.63) is 35.4 Å². The number of hydrogen-bond donors (Lipinski definition) is 2. The van der Waals surface area contributed by atoms with Gasteiger partial charge in [0.15, 0.2) is 5.78 Å². The van der Waals surface area contributed by atoms with E-state index in [0.717, 1.165) is 0 Å². The van der Waals surface area contributed by atoms with E-state index in [2.05, 4.69) is 15.9 Å². The zero-order chi connectivity index (χ0) is 12.1. The molecule has 0 heterocycles. The summed E-state index contributed by atoms with van der Waals surface area (Å²) in [4.78, 5) is 11.0. The number of hydrogen-bond acceptors (Lipinski definition) is 3. The number of Topliss-reactive ketones (excluding diaryl/α,β-unsaturated/α-hetero) is 1. The highest BCUT2D eigenvalue weighted by Crippen LogP contribution is 2.20. The Balaban J connectivity index is 2.77. The third kappa shape index (κ3) is 3.40. The zero-order valence-corrected chi connectivity index (χ0v) is 10.6. The number of ketones is 1. The van der Waals surface area contributed by atoms with Gasteiger partial charge in [-0.15, -0.1) is 0 Å². The Morgan fingerprint density at radius 3 is 2.31 bits per heavy atom. The molecule has 0 aliphatic heterocycles. The van der Waals surface area contributed by atoms with Gasteiger partial charge in [-0.3, -0.25) is 4.79 Å². The number of alkyl halides is 1. The number of halogens is 1. The minimum Gasteiger partial charge on any atom is -0.390 e. The average molecular weight is 287 g/mol. The Morgan fingerprint density at radius 2 is 1.88 bits per heavy atom. The van der Waals surface area contributed by atoms with Gasteiger partial charge in [-0.1, -0.05) is 40.2 Å². The zero-order valence-electron chi connectivity index (χ0n) is 9.06. The van der Waals surface area contributed by atoms with E-state index in [9.17, 15) is 15.0 Å². The number of rotatable bonds is 5. The number of benzene rings is 1. The fourth-order valence-corrected chi connectivity index (χ4v) is 1.88. The standard InChI is InChI=1S/C12H15BrO3/c1-8(14)9-2-4-10(5-3-9)12(16)11(15)6-7-13/h2-5,11-12,15-16H,6-7H2,1H3. The molecule has 16 heavy (non-hydrogen) atoms. The summed E-state index contributed by atoms with van der Waals surface area (Å²) in [5, 5.41) is 20.0. The lowest BCUT2D eigenvalue weighted by molar-refractivity contribution is 0.0173.